The molecule has 2 aromatic carbocycles. The van der Waals surface area contributed by atoms with Crippen molar-refractivity contribution in [2.24, 2.45) is 0 Å². The highest BCUT2D eigenvalue weighted by atomic mass is 28.3. The summed E-state index contributed by atoms with van der Waals surface area (Å²) in [6, 6.07) is 20.7. The normalized spacial score (nSPS) is 26.7. The maximum atomic E-state index is 13.3. The standard InChI is InChI=1S/C25H31N3O5Si/c1-2-3-15-24(32)22(30)20(17-29)33-25(24,28-16-14-21(26)27-23(28)31)34(18-10-6-4-7-11-18)19-12-8-5-9-13-19/h4-14,16,20,22,29-30,32,34H,2-3,15,17H2,1H3,(H2,26,27,31)/t20-,22-,24-,25+/m1/s1. The van der Waals surface area contributed by atoms with Gasteiger partial charge in [0.25, 0.3) is 0 Å². The molecule has 1 aliphatic rings. The third-order valence-corrected chi connectivity index (χ3v) is 10.5. The zero-order valence-electron chi connectivity index (χ0n) is 19.1. The van der Waals surface area contributed by atoms with Gasteiger partial charge in [-0.15, -0.1) is 0 Å². The molecule has 1 aromatic heterocycles. The number of ether oxygens (including phenoxy) is 1. The Morgan fingerprint density at radius 1 is 1.09 bits per heavy atom. The number of unbranched alkanes of at least 4 members (excludes halogenated alkanes) is 1. The van der Waals surface area contributed by atoms with Crippen molar-refractivity contribution in [1.29, 1.82) is 0 Å². The van der Waals surface area contributed by atoms with Gasteiger partial charge in [-0.3, -0.25) is 4.57 Å². The van der Waals surface area contributed by atoms with Crippen LogP contribution < -0.4 is 21.8 Å². The van der Waals surface area contributed by atoms with Gasteiger partial charge < -0.3 is 25.8 Å². The first kappa shape index (κ1) is 24.3. The minimum absolute atomic E-state index is 0.0448. The molecule has 2 heterocycles. The number of aliphatic hydroxyl groups is 3. The Morgan fingerprint density at radius 3 is 2.18 bits per heavy atom. The summed E-state index contributed by atoms with van der Waals surface area (Å²) in [5.41, 5.74) is 3.23. The molecule has 0 amide bonds. The van der Waals surface area contributed by atoms with Crippen LogP contribution in [0.2, 0.25) is 0 Å². The molecule has 1 fully saturated rings. The van der Waals surface area contributed by atoms with Crippen molar-refractivity contribution in [3.8, 4) is 0 Å². The first-order valence-electron chi connectivity index (χ1n) is 11.5. The zero-order valence-corrected chi connectivity index (χ0v) is 20.3. The van der Waals surface area contributed by atoms with Crippen LogP contribution in [0.25, 0.3) is 0 Å². The Balaban J connectivity index is 2.11. The Labute approximate surface area is 199 Å². The van der Waals surface area contributed by atoms with E-state index in [0.29, 0.717) is 6.42 Å². The van der Waals surface area contributed by atoms with E-state index >= 15 is 0 Å². The number of nitrogens with zero attached hydrogens (tertiary/aromatic N) is 2. The molecule has 180 valence electrons. The molecule has 9 heteroatoms. The number of hydrogen-bond acceptors (Lipinski definition) is 7. The fourth-order valence-corrected chi connectivity index (χ4v) is 9.26. The van der Waals surface area contributed by atoms with Crippen molar-refractivity contribution < 1.29 is 20.1 Å². The van der Waals surface area contributed by atoms with Gasteiger partial charge in [-0.25, -0.2) is 4.79 Å². The summed E-state index contributed by atoms with van der Waals surface area (Å²) in [5, 5.41) is 33.9. The number of hydrogen-bond donors (Lipinski definition) is 4. The number of rotatable bonds is 8. The number of benzene rings is 2. The average Bonchev–Trinajstić information content (AvgIpc) is 3.07. The van der Waals surface area contributed by atoms with Crippen LogP contribution in [0.3, 0.4) is 0 Å². The van der Waals surface area contributed by atoms with E-state index in [0.717, 1.165) is 16.8 Å². The molecular formula is C25H31N3O5Si. The van der Waals surface area contributed by atoms with E-state index in [-0.39, 0.29) is 12.2 Å². The van der Waals surface area contributed by atoms with Gasteiger partial charge in [0.15, 0.2) is 14.1 Å². The fourth-order valence-electron chi connectivity index (χ4n) is 5.15. The summed E-state index contributed by atoms with van der Waals surface area (Å²) >= 11 is 0. The van der Waals surface area contributed by atoms with E-state index in [9.17, 15) is 20.1 Å². The van der Waals surface area contributed by atoms with Gasteiger partial charge in [-0.05, 0) is 12.5 Å². The highest BCUT2D eigenvalue weighted by Gasteiger charge is 2.69. The van der Waals surface area contributed by atoms with Gasteiger partial charge in [0, 0.05) is 6.20 Å². The molecule has 0 unspecified atom stereocenters. The van der Waals surface area contributed by atoms with Crippen molar-refractivity contribution in [3.05, 3.63) is 83.4 Å². The summed E-state index contributed by atoms with van der Waals surface area (Å²) in [6.07, 6.45) is 0.469. The molecule has 0 radical (unpaired) electrons. The summed E-state index contributed by atoms with van der Waals surface area (Å²) in [7, 11) is -2.73. The number of nitrogens with two attached hydrogens (primary N) is 1. The van der Waals surface area contributed by atoms with Crippen molar-refractivity contribution in [2.45, 2.75) is 49.3 Å². The Bertz CT molecular complexity index is 1120. The average molecular weight is 482 g/mol. The van der Waals surface area contributed by atoms with Crippen LogP contribution in [0.5, 0.6) is 0 Å². The number of aromatic nitrogens is 2. The Kier molecular flexibility index (Phi) is 7.01. The summed E-state index contributed by atoms with van der Waals surface area (Å²) < 4.78 is 7.78. The lowest BCUT2D eigenvalue weighted by Gasteiger charge is -2.47. The molecule has 0 saturated carbocycles. The van der Waals surface area contributed by atoms with Crippen LogP contribution in [0, 0.1) is 0 Å². The largest absolute Gasteiger partial charge is 0.394 e. The quantitative estimate of drug-likeness (QED) is 0.326. The van der Waals surface area contributed by atoms with Gasteiger partial charge in [-0.2, -0.15) is 4.98 Å². The molecule has 4 rings (SSSR count). The molecule has 4 atom stereocenters. The molecule has 8 nitrogen and oxygen atoms in total. The van der Waals surface area contributed by atoms with E-state index in [2.05, 4.69) is 4.98 Å². The van der Waals surface area contributed by atoms with Crippen molar-refractivity contribution in [1.82, 2.24) is 9.55 Å². The van der Waals surface area contributed by atoms with Crippen molar-refractivity contribution >= 4 is 25.0 Å². The Hall–Kier alpha value is -2.82. The second-order valence-corrected chi connectivity index (χ2v) is 11.7. The number of anilines is 1. The first-order valence-corrected chi connectivity index (χ1v) is 13.3. The zero-order chi connectivity index (χ0) is 24.3. The van der Waals surface area contributed by atoms with E-state index in [1.807, 2.05) is 67.6 Å². The van der Waals surface area contributed by atoms with Crippen LogP contribution in [0.4, 0.5) is 5.82 Å². The lowest BCUT2D eigenvalue weighted by atomic mass is 9.88. The highest BCUT2D eigenvalue weighted by molar-refractivity contribution is 6.86. The maximum Gasteiger partial charge on any atom is 0.351 e. The molecule has 0 spiro atoms. The molecule has 0 bridgehead atoms. The molecule has 1 saturated heterocycles. The van der Waals surface area contributed by atoms with Crippen molar-refractivity contribution in [3.63, 3.8) is 0 Å². The van der Waals surface area contributed by atoms with Crippen LogP contribution >= 0.6 is 0 Å². The summed E-state index contributed by atoms with van der Waals surface area (Å²) in [4.78, 5) is 17.2. The molecule has 5 N–H and O–H groups in total. The van der Waals surface area contributed by atoms with Gasteiger partial charge in [0.2, 0.25) is 0 Å². The second-order valence-electron chi connectivity index (χ2n) is 8.77. The maximum absolute atomic E-state index is 13.3. The second kappa shape index (κ2) is 9.81. The minimum atomic E-state index is -2.73. The Morgan fingerprint density at radius 2 is 1.68 bits per heavy atom. The van der Waals surface area contributed by atoms with E-state index in [1.165, 1.54) is 16.8 Å². The van der Waals surface area contributed by atoms with Crippen LogP contribution in [0.15, 0.2) is 77.7 Å². The predicted octanol–water partition coefficient (Wildman–Crippen LogP) is -0.268. The third-order valence-electron chi connectivity index (χ3n) is 6.72. The van der Waals surface area contributed by atoms with Crippen LogP contribution in [0.1, 0.15) is 26.2 Å². The monoisotopic (exact) mass is 481 g/mol. The highest BCUT2D eigenvalue weighted by Crippen LogP contribution is 2.47. The predicted molar refractivity (Wildman–Crippen MR) is 133 cm³/mol. The molecule has 0 aliphatic carbocycles. The molecule has 1 aliphatic heterocycles. The smallest absolute Gasteiger partial charge is 0.351 e. The van der Waals surface area contributed by atoms with Crippen LogP contribution in [-0.2, 0) is 10.1 Å². The topological polar surface area (TPSA) is 131 Å². The van der Waals surface area contributed by atoms with Gasteiger partial charge in [0.05, 0.1) is 6.61 Å². The van der Waals surface area contributed by atoms with E-state index in [4.69, 9.17) is 10.5 Å². The summed E-state index contributed by atoms with van der Waals surface area (Å²) in [5.74, 6) is 0.0448. The van der Waals surface area contributed by atoms with Crippen LogP contribution in [-0.4, -0.2) is 58.1 Å². The molecular weight excluding hydrogens is 450 g/mol. The van der Waals surface area contributed by atoms with E-state index in [1.54, 1.807) is 0 Å². The SMILES string of the molecule is CCCC[C@@]1(O)[C@H](O)[C@@H](CO)O[C@]1(n1ccc(N)nc1=O)[SiH](c1ccccc1)c1ccccc1. The fraction of sp³-hybridized carbons (Fsp3) is 0.360. The van der Waals surface area contributed by atoms with Crippen molar-refractivity contribution in [2.75, 3.05) is 12.3 Å². The lowest BCUT2D eigenvalue weighted by Crippen LogP contribution is -2.73. The van der Waals surface area contributed by atoms with Gasteiger partial charge in [0.1, 0.15) is 23.6 Å². The molecule has 3 aromatic rings. The van der Waals surface area contributed by atoms with Gasteiger partial charge in [-0.1, -0.05) is 90.8 Å². The first-order chi connectivity index (χ1) is 16.4. The van der Waals surface area contributed by atoms with E-state index < -0.39 is 44.3 Å². The number of aliphatic hydroxyl groups excluding tert-OH is 2. The van der Waals surface area contributed by atoms with Gasteiger partial charge >= 0.3 is 5.69 Å². The third kappa shape index (κ3) is 3.89. The minimum Gasteiger partial charge on any atom is -0.394 e. The summed E-state index contributed by atoms with van der Waals surface area (Å²) in [6.45, 7) is 1.47. The molecule has 34 heavy (non-hydrogen) atoms. The number of nitrogen functional groups attached to an aromatic ring is 1. The lowest BCUT2D eigenvalue weighted by molar-refractivity contribution is -0.150.